The summed E-state index contributed by atoms with van der Waals surface area (Å²) in [5, 5.41) is 0. The second kappa shape index (κ2) is 9.21. The van der Waals surface area contributed by atoms with E-state index in [0.717, 1.165) is 17.5 Å². The normalized spacial score (nSPS) is 16.6. The molecule has 0 aromatic heterocycles. The fourth-order valence-corrected chi connectivity index (χ4v) is 6.32. The van der Waals surface area contributed by atoms with Crippen molar-refractivity contribution < 1.29 is 13.8 Å². The van der Waals surface area contributed by atoms with E-state index in [0.29, 0.717) is 46.2 Å². The maximum Gasteiger partial charge on any atom is 0.259 e. The molecule has 0 bridgehead atoms. The van der Waals surface area contributed by atoms with E-state index >= 15 is 0 Å². The first-order valence-electron chi connectivity index (χ1n) is 12.0. The molecular weight excluding hydrogens is 468 g/mol. The average molecular weight is 493 g/mol. The van der Waals surface area contributed by atoms with Crippen LogP contribution in [0.3, 0.4) is 0 Å². The van der Waals surface area contributed by atoms with Crippen LogP contribution in [0.2, 0.25) is 0 Å². The number of amides is 2. The van der Waals surface area contributed by atoms with Crippen molar-refractivity contribution >= 4 is 28.3 Å². The molecule has 0 aliphatic carbocycles. The van der Waals surface area contributed by atoms with Crippen LogP contribution in [0, 0.1) is 0 Å². The van der Waals surface area contributed by atoms with Crippen LogP contribution >= 0.6 is 0 Å². The van der Waals surface area contributed by atoms with Gasteiger partial charge in [0.15, 0.2) is 0 Å². The molecule has 4 aromatic carbocycles. The molecule has 4 aromatic rings. The standard InChI is InChI=1S/C30H24N2O3S/c33-29(31-17-16-22-10-4-5-11-24(22)20-31)23-14-15-28-26(18-23)32(19-21-8-2-1-3-9-21)30(34)25-12-6-7-13-27(25)36(28)35/h1-15,18H,16-17,19-20H2. The van der Waals surface area contributed by atoms with Crippen LogP contribution in [0.4, 0.5) is 5.69 Å². The third-order valence-corrected chi connectivity index (χ3v) is 8.36. The number of carbonyl (C=O) groups is 2. The Balaban J connectivity index is 1.42. The van der Waals surface area contributed by atoms with E-state index in [1.54, 1.807) is 47.4 Å². The lowest BCUT2D eigenvalue weighted by Crippen LogP contribution is -2.36. The maximum atomic E-state index is 13.8. The van der Waals surface area contributed by atoms with Crippen molar-refractivity contribution in [2.24, 2.45) is 0 Å². The Morgan fingerprint density at radius 1 is 0.806 bits per heavy atom. The lowest BCUT2D eigenvalue weighted by atomic mass is 9.99. The molecule has 0 fully saturated rings. The summed E-state index contributed by atoms with van der Waals surface area (Å²) in [6, 6.07) is 30.2. The Labute approximate surface area is 212 Å². The molecule has 1 unspecified atom stereocenters. The second-order valence-corrected chi connectivity index (χ2v) is 10.5. The minimum atomic E-state index is -1.55. The third-order valence-electron chi connectivity index (χ3n) is 6.86. The molecule has 2 aliphatic heterocycles. The van der Waals surface area contributed by atoms with Gasteiger partial charge in [-0.2, -0.15) is 0 Å². The molecule has 36 heavy (non-hydrogen) atoms. The molecule has 178 valence electrons. The van der Waals surface area contributed by atoms with Crippen molar-refractivity contribution in [3.63, 3.8) is 0 Å². The van der Waals surface area contributed by atoms with E-state index in [2.05, 4.69) is 12.1 Å². The SMILES string of the molecule is O=C(c1ccc2c(c1)N(Cc1ccccc1)C(=O)c1ccccc1S2=O)N1CCc2ccccc2C1. The molecule has 2 aliphatic rings. The summed E-state index contributed by atoms with van der Waals surface area (Å²) in [5.41, 5.74) is 4.80. The minimum Gasteiger partial charge on any atom is -0.334 e. The molecule has 6 rings (SSSR count). The fraction of sp³-hybridized carbons (Fsp3) is 0.133. The third kappa shape index (κ3) is 3.93. The van der Waals surface area contributed by atoms with Crippen molar-refractivity contribution in [1.82, 2.24) is 4.90 Å². The largest absolute Gasteiger partial charge is 0.334 e. The van der Waals surface area contributed by atoms with E-state index < -0.39 is 10.8 Å². The fourth-order valence-electron chi connectivity index (χ4n) is 4.97. The number of carbonyl (C=O) groups excluding carboxylic acids is 2. The highest BCUT2D eigenvalue weighted by Gasteiger charge is 2.32. The highest BCUT2D eigenvalue weighted by molar-refractivity contribution is 7.85. The summed E-state index contributed by atoms with van der Waals surface area (Å²) < 4.78 is 13.6. The van der Waals surface area contributed by atoms with Crippen LogP contribution in [0.1, 0.15) is 37.4 Å². The number of hydrogen-bond acceptors (Lipinski definition) is 3. The van der Waals surface area contributed by atoms with Gasteiger partial charge in [-0.3, -0.25) is 9.59 Å². The van der Waals surface area contributed by atoms with Crippen LogP contribution in [-0.4, -0.2) is 27.5 Å². The van der Waals surface area contributed by atoms with Gasteiger partial charge in [0.2, 0.25) is 0 Å². The molecule has 2 heterocycles. The molecule has 5 nitrogen and oxygen atoms in total. The summed E-state index contributed by atoms with van der Waals surface area (Å²) in [7, 11) is -1.55. The van der Waals surface area contributed by atoms with E-state index in [4.69, 9.17) is 0 Å². The van der Waals surface area contributed by atoms with E-state index in [1.807, 2.05) is 47.4 Å². The van der Waals surface area contributed by atoms with Crippen LogP contribution < -0.4 is 4.90 Å². The summed E-state index contributed by atoms with van der Waals surface area (Å²) in [6.45, 7) is 1.50. The van der Waals surface area contributed by atoms with Crippen LogP contribution in [-0.2, 0) is 30.3 Å². The van der Waals surface area contributed by atoms with Crippen molar-refractivity contribution in [2.45, 2.75) is 29.3 Å². The number of anilines is 1. The van der Waals surface area contributed by atoms with E-state index in [1.165, 1.54) is 5.56 Å². The first kappa shape index (κ1) is 22.4. The van der Waals surface area contributed by atoms with Crippen molar-refractivity contribution in [3.05, 3.63) is 125 Å². The van der Waals surface area contributed by atoms with Gasteiger partial charge in [-0.15, -0.1) is 0 Å². The lowest BCUT2D eigenvalue weighted by molar-refractivity contribution is 0.0734. The van der Waals surface area contributed by atoms with Gasteiger partial charge in [0.05, 0.1) is 38.4 Å². The van der Waals surface area contributed by atoms with Gasteiger partial charge in [0.1, 0.15) is 0 Å². The molecule has 0 N–H and O–H groups in total. The zero-order valence-electron chi connectivity index (χ0n) is 19.6. The Hall–Kier alpha value is -4.03. The average Bonchev–Trinajstić information content (AvgIpc) is 3.02. The smallest absolute Gasteiger partial charge is 0.259 e. The van der Waals surface area contributed by atoms with E-state index in [-0.39, 0.29) is 11.8 Å². The number of hydrogen-bond donors (Lipinski definition) is 0. The Bertz CT molecular complexity index is 1520. The number of benzene rings is 4. The highest BCUT2D eigenvalue weighted by Crippen LogP contribution is 2.36. The summed E-state index contributed by atoms with van der Waals surface area (Å²) in [4.78, 5) is 31.9. The van der Waals surface area contributed by atoms with Crippen LogP contribution in [0.5, 0.6) is 0 Å². The molecular formula is C30H24N2O3S. The summed E-state index contributed by atoms with van der Waals surface area (Å²) in [6.07, 6.45) is 0.810. The zero-order chi connectivity index (χ0) is 24.6. The topological polar surface area (TPSA) is 57.7 Å². The van der Waals surface area contributed by atoms with Crippen molar-refractivity contribution in [2.75, 3.05) is 11.4 Å². The minimum absolute atomic E-state index is 0.0908. The first-order chi connectivity index (χ1) is 17.6. The van der Waals surface area contributed by atoms with Gasteiger partial charge in [-0.1, -0.05) is 66.7 Å². The Morgan fingerprint density at radius 2 is 1.53 bits per heavy atom. The quantitative estimate of drug-likeness (QED) is 0.394. The molecule has 2 amide bonds. The lowest BCUT2D eigenvalue weighted by Gasteiger charge is -2.29. The van der Waals surface area contributed by atoms with Crippen molar-refractivity contribution in [3.8, 4) is 0 Å². The van der Waals surface area contributed by atoms with Gasteiger partial charge in [0.25, 0.3) is 11.8 Å². The van der Waals surface area contributed by atoms with E-state index in [9.17, 15) is 13.8 Å². The summed E-state index contributed by atoms with van der Waals surface area (Å²) >= 11 is 0. The highest BCUT2D eigenvalue weighted by atomic mass is 32.2. The molecule has 6 heteroatoms. The predicted molar refractivity (Wildman–Crippen MR) is 139 cm³/mol. The molecule has 1 atom stereocenters. The maximum absolute atomic E-state index is 13.8. The molecule has 0 spiro atoms. The first-order valence-corrected chi connectivity index (χ1v) is 13.1. The monoisotopic (exact) mass is 492 g/mol. The molecule has 0 saturated heterocycles. The van der Waals surface area contributed by atoms with Crippen molar-refractivity contribution in [1.29, 1.82) is 0 Å². The van der Waals surface area contributed by atoms with Gasteiger partial charge in [-0.05, 0) is 53.4 Å². The second-order valence-electron chi connectivity index (χ2n) is 9.07. The molecule has 0 saturated carbocycles. The Kier molecular flexibility index (Phi) is 5.74. The Morgan fingerprint density at radius 3 is 2.36 bits per heavy atom. The van der Waals surface area contributed by atoms with Crippen LogP contribution in [0.25, 0.3) is 0 Å². The van der Waals surface area contributed by atoms with Gasteiger partial charge in [0, 0.05) is 18.7 Å². The number of nitrogens with zero attached hydrogens (tertiary/aromatic N) is 2. The predicted octanol–water partition coefficient (Wildman–Crippen LogP) is 5.21. The van der Waals surface area contributed by atoms with Crippen LogP contribution in [0.15, 0.2) is 107 Å². The van der Waals surface area contributed by atoms with Gasteiger partial charge < -0.3 is 9.80 Å². The van der Waals surface area contributed by atoms with Gasteiger partial charge >= 0.3 is 0 Å². The number of rotatable bonds is 3. The number of fused-ring (bicyclic) bond motifs is 3. The zero-order valence-corrected chi connectivity index (χ0v) is 20.4. The molecule has 0 radical (unpaired) electrons. The summed E-state index contributed by atoms with van der Waals surface area (Å²) in [5.74, 6) is -0.315. The van der Waals surface area contributed by atoms with Gasteiger partial charge in [-0.25, -0.2) is 4.21 Å².